The highest BCUT2D eigenvalue weighted by Crippen LogP contribution is 2.56. The summed E-state index contributed by atoms with van der Waals surface area (Å²) < 4.78 is 12.0. The number of rotatable bonds is 4. The van der Waals surface area contributed by atoms with Crippen molar-refractivity contribution in [3.8, 4) is 11.5 Å². The van der Waals surface area contributed by atoms with Crippen molar-refractivity contribution in [2.45, 2.75) is 45.1 Å². The predicted octanol–water partition coefficient (Wildman–Crippen LogP) is 5.34. The van der Waals surface area contributed by atoms with Gasteiger partial charge in [-0.3, -0.25) is 0 Å². The van der Waals surface area contributed by atoms with E-state index in [0.29, 0.717) is 5.92 Å². The van der Waals surface area contributed by atoms with E-state index in [0.717, 1.165) is 24.7 Å². The number of unbranched alkanes of at least 4 members (excludes halogenated alkanes) is 1. The molecule has 0 N–H and O–H groups in total. The van der Waals surface area contributed by atoms with Crippen LogP contribution in [0.2, 0.25) is 0 Å². The van der Waals surface area contributed by atoms with Gasteiger partial charge >= 0.3 is 0 Å². The molecule has 26 heavy (non-hydrogen) atoms. The summed E-state index contributed by atoms with van der Waals surface area (Å²) in [5.41, 5.74) is 4.05. The predicted molar refractivity (Wildman–Crippen MR) is 106 cm³/mol. The average molecular weight is 351 g/mol. The summed E-state index contributed by atoms with van der Waals surface area (Å²) >= 11 is 0. The molecule has 3 heteroatoms. The summed E-state index contributed by atoms with van der Waals surface area (Å²) in [5.74, 6) is 2.30. The molecule has 0 aromatic heterocycles. The Morgan fingerprint density at radius 2 is 1.96 bits per heavy atom. The Bertz CT molecular complexity index is 784. The van der Waals surface area contributed by atoms with Gasteiger partial charge in [0, 0.05) is 23.6 Å². The summed E-state index contributed by atoms with van der Waals surface area (Å²) in [6, 6.07) is 15.4. The van der Waals surface area contributed by atoms with Crippen LogP contribution < -0.4 is 14.4 Å². The number of para-hydroxylation sites is 1. The SMILES string of the molecule is CCCCN1c2ccccc2C(C)(C)C2COc3cccc(OC)c3C21. The van der Waals surface area contributed by atoms with E-state index in [2.05, 4.69) is 62.1 Å². The van der Waals surface area contributed by atoms with Crippen molar-refractivity contribution in [1.29, 1.82) is 0 Å². The maximum atomic E-state index is 6.23. The first-order valence-electron chi connectivity index (χ1n) is 9.75. The van der Waals surface area contributed by atoms with Gasteiger partial charge in [-0.2, -0.15) is 0 Å². The van der Waals surface area contributed by atoms with Crippen LogP contribution in [0.25, 0.3) is 0 Å². The van der Waals surface area contributed by atoms with Gasteiger partial charge in [0.15, 0.2) is 0 Å². The lowest BCUT2D eigenvalue weighted by Gasteiger charge is -2.54. The zero-order chi connectivity index (χ0) is 18.3. The summed E-state index contributed by atoms with van der Waals surface area (Å²) in [6.45, 7) is 8.79. The van der Waals surface area contributed by atoms with Crippen molar-refractivity contribution >= 4 is 5.69 Å². The minimum Gasteiger partial charge on any atom is -0.496 e. The van der Waals surface area contributed by atoms with Crippen LogP contribution in [0.4, 0.5) is 5.69 Å². The standard InChI is InChI=1S/C23H29NO2/c1-5-6-14-24-18-11-8-7-10-16(18)23(2,3)17-15-26-20-13-9-12-19(25-4)21(20)22(17)24/h7-13,17,22H,5-6,14-15H2,1-4H3. The highest BCUT2D eigenvalue weighted by Gasteiger charge is 2.50. The highest BCUT2D eigenvalue weighted by atomic mass is 16.5. The molecule has 3 nitrogen and oxygen atoms in total. The molecule has 2 unspecified atom stereocenters. The lowest BCUT2D eigenvalue weighted by atomic mass is 9.64. The van der Waals surface area contributed by atoms with E-state index in [-0.39, 0.29) is 11.5 Å². The smallest absolute Gasteiger partial charge is 0.128 e. The van der Waals surface area contributed by atoms with Crippen LogP contribution in [0.3, 0.4) is 0 Å². The number of anilines is 1. The minimum atomic E-state index is 0.0442. The van der Waals surface area contributed by atoms with Gasteiger partial charge in [-0.05, 0) is 30.2 Å². The van der Waals surface area contributed by atoms with Crippen molar-refractivity contribution in [2.75, 3.05) is 25.2 Å². The van der Waals surface area contributed by atoms with Gasteiger partial charge in [0.05, 0.1) is 25.3 Å². The van der Waals surface area contributed by atoms with E-state index in [9.17, 15) is 0 Å². The molecule has 2 atom stereocenters. The van der Waals surface area contributed by atoms with E-state index in [1.165, 1.54) is 29.7 Å². The Labute approximate surface area is 156 Å². The molecule has 2 aliphatic rings. The lowest BCUT2D eigenvalue weighted by molar-refractivity contribution is 0.119. The molecule has 2 aromatic carbocycles. The quantitative estimate of drug-likeness (QED) is 0.742. The number of methoxy groups -OCH3 is 1. The van der Waals surface area contributed by atoms with E-state index < -0.39 is 0 Å². The number of hydrogen-bond acceptors (Lipinski definition) is 3. The van der Waals surface area contributed by atoms with E-state index in [1.807, 2.05) is 6.07 Å². The molecule has 0 aliphatic carbocycles. The first kappa shape index (κ1) is 17.3. The third-order valence-electron chi connectivity index (χ3n) is 6.26. The van der Waals surface area contributed by atoms with Gasteiger partial charge in [0.25, 0.3) is 0 Å². The molecule has 2 aromatic rings. The third-order valence-corrected chi connectivity index (χ3v) is 6.26. The molecule has 0 fully saturated rings. The van der Waals surface area contributed by atoms with Crippen molar-refractivity contribution in [2.24, 2.45) is 5.92 Å². The van der Waals surface area contributed by atoms with Crippen molar-refractivity contribution in [1.82, 2.24) is 0 Å². The van der Waals surface area contributed by atoms with Crippen LogP contribution in [0.15, 0.2) is 42.5 Å². The Kier molecular flexibility index (Phi) is 4.34. The second kappa shape index (κ2) is 6.53. The molecule has 2 aliphatic heterocycles. The summed E-state index contributed by atoms with van der Waals surface area (Å²) in [6.07, 6.45) is 2.37. The molecule has 0 spiro atoms. The van der Waals surface area contributed by atoms with Gasteiger partial charge in [0.1, 0.15) is 11.5 Å². The second-order valence-electron chi connectivity index (χ2n) is 8.02. The highest BCUT2D eigenvalue weighted by molar-refractivity contribution is 5.64. The topological polar surface area (TPSA) is 21.7 Å². The number of benzene rings is 2. The zero-order valence-corrected chi connectivity index (χ0v) is 16.3. The molecule has 0 amide bonds. The van der Waals surface area contributed by atoms with E-state index in [4.69, 9.17) is 9.47 Å². The average Bonchev–Trinajstić information content (AvgIpc) is 2.67. The molecule has 4 rings (SSSR count). The van der Waals surface area contributed by atoms with Gasteiger partial charge in [0.2, 0.25) is 0 Å². The number of fused-ring (bicyclic) bond motifs is 4. The van der Waals surface area contributed by atoms with Crippen LogP contribution in [0.5, 0.6) is 11.5 Å². The fourth-order valence-corrected chi connectivity index (χ4v) is 4.77. The molecule has 0 saturated heterocycles. The fourth-order valence-electron chi connectivity index (χ4n) is 4.77. The van der Waals surface area contributed by atoms with Crippen molar-refractivity contribution in [3.05, 3.63) is 53.6 Å². The Morgan fingerprint density at radius 3 is 2.73 bits per heavy atom. The van der Waals surface area contributed by atoms with Crippen LogP contribution in [-0.4, -0.2) is 20.3 Å². The van der Waals surface area contributed by atoms with Gasteiger partial charge in [-0.15, -0.1) is 0 Å². The normalized spacial score (nSPS) is 22.7. The van der Waals surface area contributed by atoms with Crippen molar-refractivity contribution < 1.29 is 9.47 Å². The molecule has 0 bridgehead atoms. The first-order chi connectivity index (χ1) is 12.6. The van der Waals surface area contributed by atoms with Gasteiger partial charge in [-0.25, -0.2) is 0 Å². The minimum absolute atomic E-state index is 0.0442. The fraction of sp³-hybridized carbons (Fsp3) is 0.478. The van der Waals surface area contributed by atoms with E-state index in [1.54, 1.807) is 7.11 Å². The summed E-state index contributed by atoms with van der Waals surface area (Å²) in [5, 5.41) is 0. The summed E-state index contributed by atoms with van der Waals surface area (Å²) in [7, 11) is 1.76. The van der Waals surface area contributed by atoms with Crippen molar-refractivity contribution in [3.63, 3.8) is 0 Å². The maximum Gasteiger partial charge on any atom is 0.128 e. The van der Waals surface area contributed by atoms with Crippen LogP contribution in [0, 0.1) is 5.92 Å². The zero-order valence-electron chi connectivity index (χ0n) is 16.3. The molecule has 0 radical (unpaired) electrons. The Morgan fingerprint density at radius 1 is 1.15 bits per heavy atom. The van der Waals surface area contributed by atoms with Crippen LogP contribution >= 0.6 is 0 Å². The van der Waals surface area contributed by atoms with Crippen LogP contribution in [0.1, 0.15) is 50.8 Å². The molecular weight excluding hydrogens is 322 g/mol. The lowest BCUT2D eigenvalue weighted by Crippen LogP contribution is -2.51. The third kappa shape index (κ3) is 2.48. The number of ether oxygens (including phenoxy) is 2. The Balaban J connectivity index is 1.93. The second-order valence-corrected chi connectivity index (χ2v) is 8.02. The monoisotopic (exact) mass is 351 g/mol. The molecule has 2 heterocycles. The van der Waals surface area contributed by atoms with Gasteiger partial charge < -0.3 is 14.4 Å². The van der Waals surface area contributed by atoms with Crippen LogP contribution in [-0.2, 0) is 5.41 Å². The summed E-state index contributed by atoms with van der Waals surface area (Å²) in [4.78, 5) is 2.61. The molecular formula is C23H29NO2. The largest absolute Gasteiger partial charge is 0.496 e. The van der Waals surface area contributed by atoms with E-state index >= 15 is 0 Å². The van der Waals surface area contributed by atoms with Gasteiger partial charge in [-0.1, -0.05) is 51.5 Å². The Hall–Kier alpha value is -2.16. The molecule has 0 saturated carbocycles. The number of nitrogens with zero attached hydrogens (tertiary/aromatic N) is 1. The number of hydrogen-bond donors (Lipinski definition) is 0. The maximum absolute atomic E-state index is 6.23. The molecule has 138 valence electrons. The first-order valence-corrected chi connectivity index (χ1v) is 9.75.